The van der Waals surface area contributed by atoms with Gasteiger partial charge in [0.1, 0.15) is 0 Å². The molecule has 5 nitrogen and oxygen atoms in total. The van der Waals surface area contributed by atoms with Crippen LogP contribution >= 0.6 is 11.8 Å². The van der Waals surface area contributed by atoms with Crippen molar-refractivity contribution in [3.8, 4) is 0 Å². The van der Waals surface area contributed by atoms with Gasteiger partial charge in [-0.15, -0.1) is 11.8 Å². The summed E-state index contributed by atoms with van der Waals surface area (Å²) >= 11 is 1.80. The van der Waals surface area contributed by atoms with Crippen LogP contribution in [0.4, 0.5) is 0 Å². The van der Waals surface area contributed by atoms with E-state index in [1.807, 2.05) is 17.0 Å². The Morgan fingerprint density at radius 2 is 1.62 bits per heavy atom. The lowest BCUT2D eigenvalue weighted by atomic mass is 9.99. The topological polar surface area (TPSA) is 39.7 Å². The Morgan fingerprint density at radius 3 is 2.28 bits per heavy atom. The molecular weight excluding hydrogens is 380 g/mol. The number of aromatic nitrogens is 1. The van der Waals surface area contributed by atoms with E-state index < -0.39 is 0 Å². The second-order valence-electron chi connectivity index (χ2n) is 8.76. The molecule has 6 heteroatoms. The average molecular weight is 417 g/mol. The van der Waals surface area contributed by atoms with Crippen LogP contribution in [0.3, 0.4) is 0 Å². The van der Waals surface area contributed by atoms with Crippen molar-refractivity contribution < 1.29 is 4.79 Å². The Morgan fingerprint density at radius 1 is 0.931 bits per heavy atom. The van der Waals surface area contributed by atoms with Gasteiger partial charge in [0.25, 0.3) is 5.91 Å². The normalized spacial score (nSPS) is 22.7. The predicted octanol–water partition coefficient (Wildman–Crippen LogP) is 3.75. The highest BCUT2D eigenvalue weighted by atomic mass is 32.2. The summed E-state index contributed by atoms with van der Waals surface area (Å²) in [6.45, 7) is 7.89. The number of carbonyl (C=O) groups excluding carboxylic acids is 1. The largest absolute Gasteiger partial charge is 0.338 e. The first kappa shape index (κ1) is 21.1. The predicted molar refractivity (Wildman–Crippen MR) is 120 cm³/mol. The van der Waals surface area contributed by atoms with E-state index in [0.29, 0.717) is 6.04 Å². The molecule has 4 rings (SSSR count). The molecule has 0 aliphatic carbocycles. The molecule has 1 aromatic rings. The van der Waals surface area contributed by atoms with E-state index in [4.69, 9.17) is 0 Å². The van der Waals surface area contributed by atoms with Gasteiger partial charge in [0.2, 0.25) is 0 Å². The number of carbonyl (C=O) groups is 1. The van der Waals surface area contributed by atoms with Crippen LogP contribution in [0.15, 0.2) is 23.4 Å². The Bertz CT molecular complexity index is 633. The van der Waals surface area contributed by atoms with E-state index in [0.717, 1.165) is 48.8 Å². The van der Waals surface area contributed by atoms with E-state index in [2.05, 4.69) is 14.8 Å². The average Bonchev–Trinajstić information content (AvgIpc) is 2.80. The molecule has 1 amide bonds. The number of pyridine rings is 1. The molecule has 3 aliphatic heterocycles. The summed E-state index contributed by atoms with van der Waals surface area (Å²) in [6, 6.07) is 4.67. The number of rotatable bonds is 6. The number of hydrogen-bond acceptors (Lipinski definition) is 5. The Balaban J connectivity index is 1.21. The van der Waals surface area contributed by atoms with E-state index in [-0.39, 0.29) is 5.91 Å². The molecule has 4 heterocycles. The maximum atomic E-state index is 12.9. The molecule has 1 aromatic heterocycles. The molecule has 0 radical (unpaired) electrons. The van der Waals surface area contributed by atoms with E-state index in [1.54, 1.807) is 18.0 Å². The van der Waals surface area contributed by atoms with E-state index in [1.165, 1.54) is 64.7 Å². The second kappa shape index (κ2) is 10.8. The van der Waals surface area contributed by atoms with E-state index in [9.17, 15) is 4.79 Å². The van der Waals surface area contributed by atoms with Crippen molar-refractivity contribution >= 4 is 17.7 Å². The number of amides is 1. The van der Waals surface area contributed by atoms with E-state index >= 15 is 0 Å². The Labute approximate surface area is 180 Å². The SMILES string of the molecule is O=C(c1ccc(SCCN2CCCCC2)nc1)N1CCC(N2CCCCC2)CC1. The molecule has 0 bridgehead atoms. The molecule has 29 heavy (non-hydrogen) atoms. The summed E-state index contributed by atoms with van der Waals surface area (Å²) in [5.74, 6) is 1.23. The number of thioether (sulfide) groups is 1. The minimum Gasteiger partial charge on any atom is -0.338 e. The van der Waals surface area contributed by atoms with Gasteiger partial charge < -0.3 is 14.7 Å². The molecular formula is C23H36N4OS. The quantitative estimate of drug-likeness (QED) is 0.661. The monoisotopic (exact) mass is 416 g/mol. The molecule has 0 N–H and O–H groups in total. The molecule has 0 saturated carbocycles. The maximum absolute atomic E-state index is 12.9. The third-order valence-corrected chi connectivity index (χ3v) is 7.67. The molecule has 0 spiro atoms. The van der Waals surface area contributed by atoms with Gasteiger partial charge in [-0.25, -0.2) is 4.98 Å². The molecule has 3 saturated heterocycles. The molecule has 3 aliphatic rings. The van der Waals surface area contributed by atoms with Gasteiger partial charge >= 0.3 is 0 Å². The lowest BCUT2D eigenvalue weighted by Crippen LogP contribution is -2.48. The van der Waals surface area contributed by atoms with Crippen LogP contribution in [0.1, 0.15) is 61.7 Å². The van der Waals surface area contributed by atoms with Gasteiger partial charge in [0.05, 0.1) is 10.6 Å². The standard InChI is InChI=1S/C23H36N4OS/c28-23(27-15-9-21(10-16-27)26-13-5-2-6-14-26)20-7-8-22(24-19-20)29-18-17-25-11-3-1-4-12-25/h7-8,19,21H,1-6,9-18H2. The molecule has 3 fully saturated rings. The highest BCUT2D eigenvalue weighted by Gasteiger charge is 2.28. The molecule has 0 aromatic carbocycles. The first-order chi connectivity index (χ1) is 14.3. The van der Waals surface area contributed by atoms with Gasteiger partial charge in [-0.2, -0.15) is 0 Å². The summed E-state index contributed by atoms with van der Waals surface area (Å²) in [5.41, 5.74) is 0.738. The van der Waals surface area contributed by atoms with Gasteiger partial charge in [-0.1, -0.05) is 12.8 Å². The van der Waals surface area contributed by atoms with Crippen LogP contribution in [-0.2, 0) is 0 Å². The van der Waals surface area contributed by atoms with Gasteiger partial charge in [0, 0.05) is 37.6 Å². The second-order valence-corrected chi connectivity index (χ2v) is 9.87. The number of hydrogen-bond donors (Lipinski definition) is 0. The van der Waals surface area contributed by atoms with Crippen LogP contribution in [0.25, 0.3) is 0 Å². The van der Waals surface area contributed by atoms with Crippen molar-refractivity contribution in [1.29, 1.82) is 0 Å². The van der Waals surface area contributed by atoms with Crippen molar-refractivity contribution in [3.05, 3.63) is 23.9 Å². The summed E-state index contributed by atoms with van der Waals surface area (Å²) in [6.07, 6.45) is 12.1. The van der Waals surface area contributed by atoms with Crippen LogP contribution in [0, 0.1) is 0 Å². The number of piperidine rings is 3. The molecule has 0 unspecified atom stereocenters. The van der Waals surface area contributed by atoms with Gasteiger partial charge in [-0.3, -0.25) is 4.79 Å². The Hall–Kier alpha value is -1.11. The third-order valence-electron chi connectivity index (χ3n) is 6.75. The van der Waals surface area contributed by atoms with Crippen LogP contribution in [0.5, 0.6) is 0 Å². The minimum atomic E-state index is 0.152. The zero-order chi connectivity index (χ0) is 19.9. The highest BCUT2D eigenvalue weighted by Crippen LogP contribution is 2.22. The Kier molecular flexibility index (Phi) is 7.86. The lowest BCUT2D eigenvalue weighted by molar-refractivity contribution is 0.0589. The van der Waals surface area contributed by atoms with Crippen molar-refractivity contribution in [1.82, 2.24) is 19.7 Å². The maximum Gasteiger partial charge on any atom is 0.255 e. The smallest absolute Gasteiger partial charge is 0.255 e. The summed E-state index contributed by atoms with van der Waals surface area (Å²) in [7, 11) is 0. The zero-order valence-electron chi connectivity index (χ0n) is 17.7. The third kappa shape index (κ3) is 5.96. The summed E-state index contributed by atoms with van der Waals surface area (Å²) in [5, 5.41) is 1.03. The first-order valence-electron chi connectivity index (χ1n) is 11.6. The first-order valence-corrected chi connectivity index (χ1v) is 12.6. The fraction of sp³-hybridized carbons (Fsp3) is 0.739. The lowest BCUT2D eigenvalue weighted by Gasteiger charge is -2.40. The van der Waals surface area contributed by atoms with Gasteiger partial charge in [0.15, 0.2) is 0 Å². The summed E-state index contributed by atoms with van der Waals surface area (Å²) < 4.78 is 0. The van der Waals surface area contributed by atoms with Crippen molar-refractivity contribution in [3.63, 3.8) is 0 Å². The summed E-state index contributed by atoms with van der Waals surface area (Å²) in [4.78, 5) is 24.7. The number of nitrogens with zero attached hydrogens (tertiary/aromatic N) is 4. The fourth-order valence-electron chi connectivity index (χ4n) is 4.95. The zero-order valence-corrected chi connectivity index (χ0v) is 18.5. The number of likely N-dealkylation sites (tertiary alicyclic amines) is 3. The van der Waals surface area contributed by atoms with Crippen molar-refractivity contribution in [2.75, 3.05) is 51.6 Å². The van der Waals surface area contributed by atoms with Crippen molar-refractivity contribution in [2.24, 2.45) is 0 Å². The van der Waals surface area contributed by atoms with Crippen LogP contribution in [0.2, 0.25) is 0 Å². The van der Waals surface area contributed by atoms with Crippen LogP contribution < -0.4 is 0 Å². The van der Waals surface area contributed by atoms with Crippen molar-refractivity contribution in [2.45, 2.75) is 62.4 Å². The minimum absolute atomic E-state index is 0.152. The van der Waals surface area contributed by atoms with Gasteiger partial charge in [-0.05, 0) is 76.8 Å². The molecule has 160 valence electrons. The van der Waals surface area contributed by atoms with Crippen LogP contribution in [-0.4, -0.2) is 83.2 Å². The molecule has 0 atom stereocenters. The fourth-order valence-corrected chi connectivity index (χ4v) is 5.80. The highest BCUT2D eigenvalue weighted by molar-refractivity contribution is 7.99.